The highest BCUT2D eigenvalue weighted by molar-refractivity contribution is 5.78. The molecule has 0 aliphatic heterocycles. The number of methoxy groups -OCH3 is 2. The molecule has 1 aromatic rings. The monoisotopic (exact) mass is 252 g/mol. The van der Waals surface area contributed by atoms with E-state index in [1.165, 1.54) is 7.11 Å². The van der Waals surface area contributed by atoms with Gasteiger partial charge >= 0.3 is 5.97 Å². The molecule has 0 fully saturated rings. The van der Waals surface area contributed by atoms with E-state index < -0.39 is 0 Å². The van der Waals surface area contributed by atoms with Gasteiger partial charge in [-0.1, -0.05) is 13.0 Å². The third kappa shape index (κ3) is 3.15. The second kappa shape index (κ2) is 6.89. The van der Waals surface area contributed by atoms with Crippen molar-refractivity contribution < 1.29 is 19.0 Å². The quantitative estimate of drug-likeness (QED) is 0.730. The van der Waals surface area contributed by atoms with Gasteiger partial charge in [0.25, 0.3) is 0 Å². The topological polar surface area (TPSA) is 44.8 Å². The minimum atomic E-state index is -0.264. The second-order valence-electron chi connectivity index (χ2n) is 3.83. The molecule has 0 amide bonds. The number of benzene rings is 1. The standard InChI is InChI=1S/C14H20O4/c1-5-11(14(15)17-4)10-7-8-12(18-6-2)13(9-10)16-3/h7-9,11H,5-6H2,1-4H3/t11-/m0/s1. The Bertz CT molecular complexity index is 401. The summed E-state index contributed by atoms with van der Waals surface area (Å²) < 4.78 is 15.5. The molecule has 0 bridgehead atoms. The van der Waals surface area contributed by atoms with Crippen molar-refractivity contribution in [1.29, 1.82) is 0 Å². The Labute approximate surface area is 108 Å². The molecule has 0 aliphatic carbocycles. The maximum atomic E-state index is 11.7. The molecule has 0 heterocycles. The largest absolute Gasteiger partial charge is 0.493 e. The molecule has 0 saturated carbocycles. The SMILES string of the molecule is CCOc1ccc([C@H](CC)C(=O)OC)cc1OC. The molecule has 0 aromatic heterocycles. The Morgan fingerprint density at radius 1 is 1.22 bits per heavy atom. The lowest BCUT2D eigenvalue weighted by Gasteiger charge is -2.15. The van der Waals surface area contributed by atoms with E-state index in [2.05, 4.69) is 0 Å². The zero-order valence-electron chi connectivity index (χ0n) is 11.4. The van der Waals surface area contributed by atoms with Gasteiger partial charge in [0.2, 0.25) is 0 Å². The molecule has 0 spiro atoms. The molecule has 4 nitrogen and oxygen atoms in total. The molecule has 0 aliphatic rings. The Balaban J connectivity index is 3.06. The highest BCUT2D eigenvalue weighted by atomic mass is 16.5. The Morgan fingerprint density at radius 3 is 2.44 bits per heavy atom. The first-order valence-corrected chi connectivity index (χ1v) is 6.06. The van der Waals surface area contributed by atoms with E-state index in [0.717, 1.165) is 5.56 Å². The highest BCUT2D eigenvalue weighted by Crippen LogP contribution is 2.32. The third-order valence-corrected chi connectivity index (χ3v) is 2.78. The van der Waals surface area contributed by atoms with E-state index in [0.29, 0.717) is 24.5 Å². The molecule has 100 valence electrons. The summed E-state index contributed by atoms with van der Waals surface area (Å²) in [5, 5.41) is 0. The van der Waals surface area contributed by atoms with Crippen molar-refractivity contribution in [1.82, 2.24) is 0 Å². The molecular weight excluding hydrogens is 232 g/mol. The average Bonchev–Trinajstić information content (AvgIpc) is 2.41. The van der Waals surface area contributed by atoms with E-state index in [4.69, 9.17) is 14.2 Å². The lowest BCUT2D eigenvalue weighted by Crippen LogP contribution is -2.13. The molecule has 1 aromatic carbocycles. The van der Waals surface area contributed by atoms with Gasteiger partial charge in [0.1, 0.15) is 0 Å². The summed E-state index contributed by atoms with van der Waals surface area (Å²) in [6.07, 6.45) is 0.684. The number of esters is 1. The number of hydrogen-bond donors (Lipinski definition) is 0. The zero-order valence-corrected chi connectivity index (χ0v) is 11.4. The summed E-state index contributed by atoms with van der Waals surface area (Å²) in [4.78, 5) is 11.7. The van der Waals surface area contributed by atoms with E-state index in [1.807, 2.05) is 32.0 Å². The fraction of sp³-hybridized carbons (Fsp3) is 0.500. The second-order valence-corrected chi connectivity index (χ2v) is 3.83. The van der Waals surface area contributed by atoms with Gasteiger partial charge in [-0.2, -0.15) is 0 Å². The van der Waals surface area contributed by atoms with Crippen LogP contribution in [0.5, 0.6) is 11.5 Å². The Hall–Kier alpha value is -1.71. The lowest BCUT2D eigenvalue weighted by atomic mass is 9.96. The van der Waals surface area contributed by atoms with Crippen LogP contribution in [0.3, 0.4) is 0 Å². The van der Waals surface area contributed by atoms with Crippen LogP contribution in [-0.4, -0.2) is 26.8 Å². The van der Waals surface area contributed by atoms with Crippen LogP contribution >= 0.6 is 0 Å². The molecule has 0 saturated heterocycles. The van der Waals surface area contributed by atoms with Crippen LogP contribution in [0.1, 0.15) is 31.7 Å². The van der Waals surface area contributed by atoms with Crippen molar-refractivity contribution in [3.63, 3.8) is 0 Å². The minimum Gasteiger partial charge on any atom is -0.493 e. The van der Waals surface area contributed by atoms with Crippen molar-refractivity contribution in [3.8, 4) is 11.5 Å². The van der Waals surface area contributed by atoms with Crippen LogP contribution in [0.4, 0.5) is 0 Å². The van der Waals surface area contributed by atoms with Crippen molar-refractivity contribution in [2.75, 3.05) is 20.8 Å². The number of rotatable bonds is 6. The van der Waals surface area contributed by atoms with Gasteiger partial charge in [-0.3, -0.25) is 4.79 Å². The van der Waals surface area contributed by atoms with Crippen LogP contribution in [-0.2, 0) is 9.53 Å². The van der Waals surface area contributed by atoms with Crippen molar-refractivity contribution in [2.24, 2.45) is 0 Å². The van der Waals surface area contributed by atoms with Gasteiger partial charge in [0.15, 0.2) is 11.5 Å². The van der Waals surface area contributed by atoms with E-state index in [-0.39, 0.29) is 11.9 Å². The fourth-order valence-corrected chi connectivity index (χ4v) is 1.86. The van der Waals surface area contributed by atoms with E-state index in [9.17, 15) is 4.79 Å². The van der Waals surface area contributed by atoms with Gasteiger partial charge in [-0.25, -0.2) is 0 Å². The van der Waals surface area contributed by atoms with Gasteiger partial charge in [-0.05, 0) is 31.0 Å². The normalized spacial score (nSPS) is 11.8. The minimum absolute atomic E-state index is 0.233. The molecule has 4 heteroatoms. The van der Waals surface area contributed by atoms with Crippen molar-refractivity contribution in [3.05, 3.63) is 23.8 Å². The molecule has 18 heavy (non-hydrogen) atoms. The molecule has 1 rings (SSSR count). The van der Waals surface area contributed by atoms with Crippen molar-refractivity contribution >= 4 is 5.97 Å². The van der Waals surface area contributed by atoms with Gasteiger partial charge in [-0.15, -0.1) is 0 Å². The summed E-state index contributed by atoms with van der Waals surface area (Å²) in [5.41, 5.74) is 0.879. The fourth-order valence-electron chi connectivity index (χ4n) is 1.86. The summed E-state index contributed by atoms with van der Waals surface area (Å²) in [6.45, 7) is 4.44. The summed E-state index contributed by atoms with van der Waals surface area (Å²) in [6, 6.07) is 5.53. The van der Waals surface area contributed by atoms with Crippen LogP contribution in [0.2, 0.25) is 0 Å². The molecule has 0 radical (unpaired) electrons. The van der Waals surface area contributed by atoms with Crippen LogP contribution in [0, 0.1) is 0 Å². The zero-order chi connectivity index (χ0) is 13.5. The molecular formula is C14H20O4. The predicted octanol–water partition coefficient (Wildman–Crippen LogP) is 2.76. The van der Waals surface area contributed by atoms with E-state index >= 15 is 0 Å². The van der Waals surface area contributed by atoms with Gasteiger partial charge in [0, 0.05) is 0 Å². The lowest BCUT2D eigenvalue weighted by molar-refractivity contribution is -0.142. The third-order valence-electron chi connectivity index (χ3n) is 2.78. The van der Waals surface area contributed by atoms with Crippen molar-refractivity contribution in [2.45, 2.75) is 26.2 Å². The first-order valence-electron chi connectivity index (χ1n) is 6.06. The molecule has 0 unspecified atom stereocenters. The number of ether oxygens (including phenoxy) is 3. The predicted molar refractivity (Wildman–Crippen MR) is 69.2 cm³/mol. The summed E-state index contributed by atoms with van der Waals surface area (Å²) in [5.74, 6) is 0.823. The first-order chi connectivity index (χ1) is 8.67. The maximum Gasteiger partial charge on any atom is 0.313 e. The first kappa shape index (κ1) is 14.4. The smallest absolute Gasteiger partial charge is 0.313 e. The summed E-state index contributed by atoms with van der Waals surface area (Å²) in [7, 11) is 2.98. The number of carbonyl (C=O) groups excluding carboxylic acids is 1. The maximum absolute atomic E-state index is 11.7. The van der Waals surface area contributed by atoms with Crippen LogP contribution < -0.4 is 9.47 Å². The molecule has 0 N–H and O–H groups in total. The van der Waals surface area contributed by atoms with Crippen LogP contribution in [0.15, 0.2) is 18.2 Å². The number of carbonyl (C=O) groups is 1. The average molecular weight is 252 g/mol. The number of hydrogen-bond acceptors (Lipinski definition) is 4. The molecule has 1 atom stereocenters. The Morgan fingerprint density at radius 2 is 1.94 bits per heavy atom. The van der Waals surface area contributed by atoms with Gasteiger partial charge in [0.05, 0.1) is 26.7 Å². The Kier molecular flexibility index (Phi) is 5.49. The highest BCUT2D eigenvalue weighted by Gasteiger charge is 2.20. The van der Waals surface area contributed by atoms with E-state index in [1.54, 1.807) is 7.11 Å². The summed E-state index contributed by atoms with van der Waals surface area (Å²) >= 11 is 0. The van der Waals surface area contributed by atoms with Gasteiger partial charge < -0.3 is 14.2 Å². The van der Waals surface area contributed by atoms with Crippen LogP contribution in [0.25, 0.3) is 0 Å².